The molecule has 1 aromatic rings. The molecule has 0 amide bonds. The van der Waals surface area contributed by atoms with Crippen molar-refractivity contribution < 1.29 is 4.21 Å². The van der Waals surface area contributed by atoms with Crippen LogP contribution in [0.4, 0.5) is 5.69 Å². The van der Waals surface area contributed by atoms with Crippen molar-refractivity contribution in [3.05, 3.63) is 21.0 Å². The van der Waals surface area contributed by atoms with Crippen molar-refractivity contribution in [2.45, 2.75) is 19.9 Å². The Morgan fingerprint density at radius 2 is 2.29 bits per heavy atom. The summed E-state index contributed by atoms with van der Waals surface area (Å²) in [6.45, 7) is 3.15. The molecule has 0 fully saturated rings. The molecule has 1 unspecified atom stereocenters. The first-order chi connectivity index (χ1) is 8.06. The molecule has 0 aliphatic carbocycles. The van der Waals surface area contributed by atoms with E-state index >= 15 is 0 Å². The van der Waals surface area contributed by atoms with Crippen molar-refractivity contribution in [2.24, 2.45) is 0 Å². The summed E-state index contributed by atoms with van der Waals surface area (Å²) in [6.07, 6.45) is 4.12. The minimum atomic E-state index is -0.840. The second-order valence-corrected chi connectivity index (χ2v) is 5.95. The molecule has 0 aliphatic rings. The summed E-state index contributed by atoms with van der Waals surface area (Å²) in [5.41, 5.74) is 0.502. The molecule has 1 N–H and O–H groups in total. The SMILES string of the molecule is CCCn1ncc(NCCS(C)=O)c(Br)c1=O. The van der Waals surface area contributed by atoms with Crippen LogP contribution in [0.3, 0.4) is 0 Å². The van der Waals surface area contributed by atoms with Gasteiger partial charge in [0.15, 0.2) is 0 Å². The highest BCUT2D eigenvalue weighted by molar-refractivity contribution is 9.10. The van der Waals surface area contributed by atoms with E-state index in [2.05, 4.69) is 26.3 Å². The molecule has 0 radical (unpaired) electrons. The van der Waals surface area contributed by atoms with E-state index in [1.54, 1.807) is 12.5 Å². The first-order valence-electron chi connectivity index (χ1n) is 5.35. The van der Waals surface area contributed by atoms with E-state index in [1.165, 1.54) is 4.68 Å². The maximum absolute atomic E-state index is 11.8. The second kappa shape index (κ2) is 6.90. The maximum atomic E-state index is 11.8. The van der Waals surface area contributed by atoms with Gasteiger partial charge in [-0.1, -0.05) is 6.92 Å². The highest BCUT2D eigenvalue weighted by Gasteiger charge is 2.07. The van der Waals surface area contributed by atoms with E-state index in [9.17, 15) is 9.00 Å². The smallest absolute Gasteiger partial charge is 0.283 e. The topological polar surface area (TPSA) is 64.0 Å². The van der Waals surface area contributed by atoms with Gasteiger partial charge in [-0.2, -0.15) is 5.10 Å². The molecule has 0 aliphatic heterocycles. The van der Waals surface area contributed by atoms with Crippen LogP contribution in [0.15, 0.2) is 15.5 Å². The van der Waals surface area contributed by atoms with Gasteiger partial charge in [0.1, 0.15) is 4.47 Å². The van der Waals surface area contributed by atoms with Crippen LogP contribution in [0, 0.1) is 0 Å². The third-order valence-corrected chi connectivity index (χ3v) is 3.67. The number of rotatable bonds is 6. The van der Waals surface area contributed by atoms with Crippen LogP contribution in [0.2, 0.25) is 0 Å². The van der Waals surface area contributed by atoms with Gasteiger partial charge in [0.2, 0.25) is 0 Å². The number of hydrogen-bond donors (Lipinski definition) is 1. The monoisotopic (exact) mass is 321 g/mol. The van der Waals surface area contributed by atoms with Gasteiger partial charge in [-0.15, -0.1) is 0 Å². The van der Waals surface area contributed by atoms with E-state index in [-0.39, 0.29) is 5.56 Å². The Morgan fingerprint density at radius 1 is 1.59 bits per heavy atom. The standard InChI is InChI=1S/C10H16BrN3O2S/c1-3-5-14-10(15)9(11)8(7-13-14)12-4-6-17(2)16/h7,12H,3-6H2,1-2H3. The molecule has 1 atom stereocenters. The predicted molar refractivity (Wildman–Crippen MR) is 73.9 cm³/mol. The van der Waals surface area contributed by atoms with E-state index < -0.39 is 10.8 Å². The maximum Gasteiger partial charge on any atom is 0.283 e. The lowest BCUT2D eigenvalue weighted by Crippen LogP contribution is -2.25. The summed E-state index contributed by atoms with van der Waals surface area (Å²) in [7, 11) is -0.840. The van der Waals surface area contributed by atoms with Gasteiger partial charge >= 0.3 is 0 Å². The number of anilines is 1. The number of aromatic nitrogens is 2. The second-order valence-electron chi connectivity index (χ2n) is 3.60. The quantitative estimate of drug-likeness (QED) is 0.855. The van der Waals surface area contributed by atoms with Gasteiger partial charge < -0.3 is 5.32 Å². The van der Waals surface area contributed by atoms with E-state index in [1.807, 2.05) is 6.92 Å². The zero-order valence-corrected chi connectivity index (χ0v) is 12.3. The molecular weight excluding hydrogens is 306 g/mol. The van der Waals surface area contributed by atoms with Crippen molar-refractivity contribution in [1.29, 1.82) is 0 Å². The Hall–Kier alpha value is -0.690. The molecule has 0 saturated heterocycles. The summed E-state index contributed by atoms with van der Waals surface area (Å²) in [5.74, 6) is 0.546. The van der Waals surface area contributed by atoms with Crippen molar-refractivity contribution in [1.82, 2.24) is 9.78 Å². The summed E-state index contributed by atoms with van der Waals surface area (Å²) in [6, 6.07) is 0. The largest absolute Gasteiger partial charge is 0.382 e. The molecule has 0 saturated carbocycles. The Balaban J connectivity index is 2.78. The fourth-order valence-corrected chi connectivity index (χ4v) is 2.13. The number of nitrogens with zero attached hydrogens (tertiary/aromatic N) is 2. The molecule has 7 heteroatoms. The first-order valence-corrected chi connectivity index (χ1v) is 7.87. The Morgan fingerprint density at radius 3 is 2.88 bits per heavy atom. The zero-order chi connectivity index (χ0) is 12.8. The molecule has 0 aromatic carbocycles. The Bertz CT molecular complexity index is 461. The Kier molecular flexibility index (Phi) is 5.84. The molecule has 1 rings (SSSR count). The summed E-state index contributed by atoms with van der Waals surface area (Å²) in [4.78, 5) is 11.8. The molecule has 1 heterocycles. The fourth-order valence-electron chi connectivity index (χ4n) is 1.29. The minimum absolute atomic E-state index is 0.144. The summed E-state index contributed by atoms with van der Waals surface area (Å²) < 4.78 is 12.8. The predicted octanol–water partition coefficient (Wildman–Crippen LogP) is 1.21. The normalized spacial score (nSPS) is 12.4. The fraction of sp³-hybridized carbons (Fsp3) is 0.600. The van der Waals surface area contributed by atoms with Crippen molar-refractivity contribution >= 4 is 32.4 Å². The van der Waals surface area contributed by atoms with E-state index in [0.29, 0.717) is 29.0 Å². The number of halogens is 1. The van der Waals surface area contributed by atoms with Crippen molar-refractivity contribution in [3.8, 4) is 0 Å². The van der Waals surface area contributed by atoms with Crippen LogP contribution < -0.4 is 10.9 Å². The van der Waals surface area contributed by atoms with Gasteiger partial charge in [-0.25, -0.2) is 4.68 Å². The molecule has 1 aromatic heterocycles. The molecule has 0 spiro atoms. The third kappa shape index (κ3) is 4.23. The summed E-state index contributed by atoms with van der Waals surface area (Å²) >= 11 is 3.26. The van der Waals surface area contributed by atoms with Gasteiger partial charge in [0.05, 0.1) is 11.9 Å². The average Bonchev–Trinajstić information content (AvgIpc) is 2.28. The van der Waals surface area contributed by atoms with Crippen molar-refractivity contribution in [2.75, 3.05) is 23.9 Å². The van der Waals surface area contributed by atoms with Gasteiger partial charge in [-0.3, -0.25) is 9.00 Å². The van der Waals surface area contributed by atoms with Crippen LogP contribution in [0.1, 0.15) is 13.3 Å². The zero-order valence-electron chi connectivity index (χ0n) is 9.90. The van der Waals surface area contributed by atoms with Crippen LogP contribution in [-0.4, -0.2) is 32.5 Å². The van der Waals surface area contributed by atoms with Crippen molar-refractivity contribution in [3.63, 3.8) is 0 Å². The lowest BCUT2D eigenvalue weighted by Gasteiger charge is -2.09. The number of hydrogen-bond acceptors (Lipinski definition) is 4. The average molecular weight is 322 g/mol. The first kappa shape index (κ1) is 14.4. The lowest BCUT2D eigenvalue weighted by atomic mass is 10.4. The van der Waals surface area contributed by atoms with E-state index in [4.69, 9.17) is 0 Å². The molecule has 5 nitrogen and oxygen atoms in total. The highest BCUT2D eigenvalue weighted by Crippen LogP contribution is 2.15. The van der Waals surface area contributed by atoms with Gasteiger partial charge in [0, 0.05) is 35.9 Å². The highest BCUT2D eigenvalue weighted by atomic mass is 79.9. The van der Waals surface area contributed by atoms with Crippen LogP contribution in [0.5, 0.6) is 0 Å². The van der Waals surface area contributed by atoms with Crippen LogP contribution in [-0.2, 0) is 17.3 Å². The van der Waals surface area contributed by atoms with Gasteiger partial charge in [0.25, 0.3) is 5.56 Å². The van der Waals surface area contributed by atoms with E-state index in [0.717, 1.165) is 6.42 Å². The minimum Gasteiger partial charge on any atom is -0.382 e. The van der Waals surface area contributed by atoms with Crippen LogP contribution >= 0.6 is 15.9 Å². The molecule has 17 heavy (non-hydrogen) atoms. The molecule has 96 valence electrons. The van der Waals surface area contributed by atoms with Gasteiger partial charge in [-0.05, 0) is 22.4 Å². The van der Waals surface area contributed by atoms with Crippen LogP contribution in [0.25, 0.3) is 0 Å². The number of nitrogens with one attached hydrogen (secondary N) is 1. The molecule has 0 bridgehead atoms. The number of aryl methyl sites for hydroxylation is 1. The Labute approximate surface area is 111 Å². The third-order valence-electron chi connectivity index (χ3n) is 2.13. The lowest BCUT2D eigenvalue weighted by molar-refractivity contribution is 0.566. The summed E-state index contributed by atoms with van der Waals surface area (Å²) in [5, 5.41) is 7.10. The molecular formula is C10H16BrN3O2S.